The minimum absolute atomic E-state index is 0.234. The van der Waals surface area contributed by atoms with Crippen LogP contribution in [0.4, 0.5) is 0 Å². The lowest BCUT2D eigenvalue weighted by Gasteiger charge is -2.03. The van der Waals surface area contributed by atoms with E-state index in [9.17, 15) is 8.42 Å². The average molecular weight is 226 g/mol. The first-order valence-corrected chi connectivity index (χ1v) is 6.89. The highest BCUT2D eigenvalue weighted by molar-refractivity contribution is 7.89. The Labute approximate surface area is 84.9 Å². The van der Waals surface area contributed by atoms with Gasteiger partial charge < -0.3 is 0 Å². The molecule has 0 heterocycles. The van der Waals surface area contributed by atoms with Crippen molar-refractivity contribution in [3.63, 3.8) is 0 Å². The molecule has 0 aliphatic heterocycles. The number of rotatable bonds is 7. The third-order valence-electron chi connectivity index (χ3n) is 1.97. The van der Waals surface area contributed by atoms with Crippen LogP contribution in [-0.4, -0.2) is 26.1 Å². The summed E-state index contributed by atoms with van der Waals surface area (Å²) in [6.07, 6.45) is 4.52. The Morgan fingerprint density at radius 3 is 2.46 bits per heavy atom. The zero-order valence-electron chi connectivity index (χ0n) is 7.63. The highest BCUT2D eigenvalue weighted by Crippen LogP contribution is 2.19. The van der Waals surface area contributed by atoms with Crippen molar-refractivity contribution in [3.8, 4) is 0 Å². The fraction of sp³-hybridized carbons (Fsp3) is 1.00. The molecule has 0 aromatic rings. The van der Waals surface area contributed by atoms with Crippen LogP contribution < -0.4 is 4.72 Å². The van der Waals surface area contributed by atoms with Crippen LogP contribution in [0.3, 0.4) is 0 Å². The van der Waals surface area contributed by atoms with E-state index in [1.807, 2.05) is 0 Å². The van der Waals surface area contributed by atoms with Crippen molar-refractivity contribution >= 4 is 21.6 Å². The number of sulfonamides is 1. The topological polar surface area (TPSA) is 46.2 Å². The standard InChI is InChI=1S/C8H16ClNO2S/c9-6-2-1-3-7-13(11,12)10-8-4-5-8/h8,10H,1-7H2. The van der Waals surface area contributed by atoms with Crippen molar-refractivity contribution < 1.29 is 8.42 Å². The van der Waals surface area contributed by atoms with Crippen molar-refractivity contribution in [2.45, 2.75) is 38.1 Å². The molecule has 1 N–H and O–H groups in total. The first kappa shape index (κ1) is 11.3. The van der Waals surface area contributed by atoms with E-state index in [4.69, 9.17) is 11.6 Å². The Morgan fingerprint density at radius 1 is 1.23 bits per heavy atom. The van der Waals surface area contributed by atoms with E-state index in [0.717, 1.165) is 32.1 Å². The molecule has 0 amide bonds. The predicted octanol–water partition coefficient (Wildman–Crippen LogP) is 1.48. The van der Waals surface area contributed by atoms with E-state index >= 15 is 0 Å². The van der Waals surface area contributed by atoms with E-state index in [1.165, 1.54) is 0 Å². The van der Waals surface area contributed by atoms with Gasteiger partial charge in [0.15, 0.2) is 0 Å². The van der Waals surface area contributed by atoms with Gasteiger partial charge in [-0.1, -0.05) is 6.42 Å². The van der Waals surface area contributed by atoms with Gasteiger partial charge in [-0.15, -0.1) is 11.6 Å². The van der Waals surface area contributed by atoms with Crippen LogP contribution >= 0.6 is 11.6 Å². The summed E-state index contributed by atoms with van der Waals surface area (Å²) in [6, 6.07) is 0.234. The van der Waals surface area contributed by atoms with Crippen LogP contribution in [0.25, 0.3) is 0 Å². The smallest absolute Gasteiger partial charge is 0.211 e. The molecule has 13 heavy (non-hydrogen) atoms. The summed E-state index contributed by atoms with van der Waals surface area (Å²) >= 11 is 5.48. The highest BCUT2D eigenvalue weighted by atomic mass is 35.5. The lowest BCUT2D eigenvalue weighted by Crippen LogP contribution is -2.28. The van der Waals surface area contributed by atoms with Crippen LogP contribution in [0, 0.1) is 0 Å². The van der Waals surface area contributed by atoms with Crippen LogP contribution in [0.15, 0.2) is 0 Å². The van der Waals surface area contributed by atoms with Gasteiger partial charge in [0, 0.05) is 11.9 Å². The number of halogens is 1. The molecule has 0 spiro atoms. The second-order valence-electron chi connectivity index (χ2n) is 3.46. The van der Waals surface area contributed by atoms with Crippen molar-refractivity contribution in [1.29, 1.82) is 0 Å². The molecule has 1 saturated carbocycles. The third-order valence-corrected chi connectivity index (χ3v) is 3.76. The molecule has 78 valence electrons. The second kappa shape index (κ2) is 5.17. The fourth-order valence-electron chi connectivity index (χ4n) is 1.08. The van der Waals surface area contributed by atoms with E-state index in [2.05, 4.69) is 4.72 Å². The number of nitrogens with one attached hydrogen (secondary N) is 1. The molecule has 5 heteroatoms. The number of alkyl halides is 1. The molecule has 0 radical (unpaired) electrons. The van der Waals surface area contributed by atoms with E-state index < -0.39 is 10.0 Å². The molecule has 1 fully saturated rings. The lowest BCUT2D eigenvalue weighted by molar-refractivity contribution is 0.576. The van der Waals surface area contributed by atoms with Gasteiger partial charge in [-0.3, -0.25) is 0 Å². The summed E-state index contributed by atoms with van der Waals surface area (Å²) in [5.74, 6) is 0.872. The summed E-state index contributed by atoms with van der Waals surface area (Å²) in [4.78, 5) is 0. The molecular formula is C8H16ClNO2S. The monoisotopic (exact) mass is 225 g/mol. The highest BCUT2D eigenvalue weighted by Gasteiger charge is 2.26. The number of unbranched alkanes of at least 4 members (excludes halogenated alkanes) is 2. The van der Waals surface area contributed by atoms with Crippen LogP contribution in [0.5, 0.6) is 0 Å². The normalized spacial score (nSPS) is 17.6. The van der Waals surface area contributed by atoms with Crippen molar-refractivity contribution in [3.05, 3.63) is 0 Å². The van der Waals surface area contributed by atoms with Gasteiger partial charge >= 0.3 is 0 Å². The van der Waals surface area contributed by atoms with E-state index in [-0.39, 0.29) is 11.8 Å². The van der Waals surface area contributed by atoms with Gasteiger partial charge in [-0.25, -0.2) is 13.1 Å². The first-order chi connectivity index (χ1) is 6.14. The molecule has 0 unspecified atom stereocenters. The molecule has 0 bridgehead atoms. The third kappa shape index (κ3) is 5.49. The van der Waals surface area contributed by atoms with Crippen molar-refractivity contribution in [1.82, 2.24) is 4.72 Å². The van der Waals surface area contributed by atoms with Gasteiger partial charge in [0.2, 0.25) is 10.0 Å². The number of hydrogen-bond acceptors (Lipinski definition) is 2. The molecule has 1 aliphatic rings. The maximum atomic E-state index is 11.3. The zero-order valence-corrected chi connectivity index (χ0v) is 9.20. The van der Waals surface area contributed by atoms with Gasteiger partial charge in [0.1, 0.15) is 0 Å². The van der Waals surface area contributed by atoms with Crippen LogP contribution in [0.1, 0.15) is 32.1 Å². The molecule has 0 saturated heterocycles. The largest absolute Gasteiger partial charge is 0.212 e. The summed E-state index contributed by atoms with van der Waals surface area (Å²) in [6.45, 7) is 0. The predicted molar refractivity (Wildman–Crippen MR) is 54.5 cm³/mol. The van der Waals surface area contributed by atoms with Gasteiger partial charge in [-0.05, 0) is 25.7 Å². The van der Waals surface area contributed by atoms with Gasteiger partial charge in [0.05, 0.1) is 5.75 Å². The summed E-state index contributed by atoms with van der Waals surface area (Å²) < 4.78 is 25.2. The minimum Gasteiger partial charge on any atom is -0.212 e. The first-order valence-electron chi connectivity index (χ1n) is 4.70. The summed E-state index contributed by atoms with van der Waals surface area (Å²) in [5.41, 5.74) is 0. The zero-order chi connectivity index (χ0) is 9.73. The van der Waals surface area contributed by atoms with Gasteiger partial charge in [0.25, 0.3) is 0 Å². The summed E-state index contributed by atoms with van der Waals surface area (Å²) in [7, 11) is -2.99. The Bertz CT molecular complexity index is 237. The Balaban J connectivity index is 2.10. The van der Waals surface area contributed by atoms with Crippen LogP contribution in [-0.2, 0) is 10.0 Å². The minimum atomic E-state index is -2.99. The van der Waals surface area contributed by atoms with E-state index in [1.54, 1.807) is 0 Å². The van der Waals surface area contributed by atoms with E-state index in [0.29, 0.717) is 5.88 Å². The molecule has 0 aromatic heterocycles. The molecular weight excluding hydrogens is 210 g/mol. The molecule has 0 atom stereocenters. The Kier molecular flexibility index (Phi) is 4.49. The van der Waals surface area contributed by atoms with Crippen molar-refractivity contribution in [2.24, 2.45) is 0 Å². The molecule has 0 aromatic carbocycles. The molecule has 1 aliphatic carbocycles. The van der Waals surface area contributed by atoms with Gasteiger partial charge in [-0.2, -0.15) is 0 Å². The molecule has 3 nitrogen and oxygen atoms in total. The maximum absolute atomic E-state index is 11.3. The quantitative estimate of drug-likeness (QED) is 0.527. The Hall–Kier alpha value is 0.200. The second-order valence-corrected chi connectivity index (χ2v) is 5.71. The number of hydrogen-bond donors (Lipinski definition) is 1. The maximum Gasteiger partial charge on any atom is 0.211 e. The lowest BCUT2D eigenvalue weighted by atomic mass is 10.3. The van der Waals surface area contributed by atoms with Crippen molar-refractivity contribution in [2.75, 3.05) is 11.6 Å². The fourth-order valence-corrected chi connectivity index (χ4v) is 2.71. The SMILES string of the molecule is O=S(=O)(CCCCCCl)NC1CC1. The van der Waals surface area contributed by atoms with Crippen LogP contribution in [0.2, 0.25) is 0 Å². The summed E-state index contributed by atoms with van der Waals surface area (Å²) in [5, 5.41) is 0. The average Bonchev–Trinajstić information content (AvgIpc) is 2.81. The Morgan fingerprint density at radius 2 is 1.92 bits per heavy atom. The molecule has 1 rings (SSSR count).